The molecule has 1 heterocycles. The number of hydrogen-bond donors (Lipinski definition) is 1. The van der Waals surface area contributed by atoms with Gasteiger partial charge in [0.05, 0.1) is 0 Å². The van der Waals surface area contributed by atoms with Crippen molar-refractivity contribution >= 4 is 11.3 Å². The van der Waals surface area contributed by atoms with Crippen LogP contribution in [-0.2, 0) is 0 Å². The van der Waals surface area contributed by atoms with Gasteiger partial charge in [-0.3, -0.25) is 0 Å². The second-order valence-electron chi connectivity index (χ2n) is 3.91. The van der Waals surface area contributed by atoms with Crippen LogP contribution in [0, 0.1) is 19.7 Å². The van der Waals surface area contributed by atoms with Gasteiger partial charge in [0.2, 0.25) is 0 Å². The van der Waals surface area contributed by atoms with Crippen molar-refractivity contribution in [3.8, 4) is 0 Å². The smallest absolute Gasteiger partial charge is 0.123 e. The molecule has 1 unspecified atom stereocenters. The highest BCUT2D eigenvalue weighted by atomic mass is 32.1. The molecule has 0 radical (unpaired) electrons. The Balaban J connectivity index is 2.41. The maximum Gasteiger partial charge on any atom is 0.123 e. The van der Waals surface area contributed by atoms with Crippen LogP contribution in [0.25, 0.3) is 0 Å². The molecular formula is C13H13FOS. The summed E-state index contributed by atoms with van der Waals surface area (Å²) in [5.74, 6) is -0.268. The Morgan fingerprint density at radius 1 is 1.12 bits per heavy atom. The van der Waals surface area contributed by atoms with Crippen molar-refractivity contribution in [2.24, 2.45) is 0 Å². The molecule has 16 heavy (non-hydrogen) atoms. The average Bonchev–Trinajstić information content (AvgIpc) is 2.63. The van der Waals surface area contributed by atoms with Crippen molar-refractivity contribution in [1.29, 1.82) is 0 Å². The van der Waals surface area contributed by atoms with E-state index < -0.39 is 6.10 Å². The van der Waals surface area contributed by atoms with E-state index in [2.05, 4.69) is 0 Å². The molecule has 0 aliphatic rings. The van der Waals surface area contributed by atoms with E-state index in [0.29, 0.717) is 0 Å². The number of aliphatic hydroxyl groups is 1. The highest BCUT2D eigenvalue weighted by Gasteiger charge is 2.15. The Bertz CT molecular complexity index is 504. The molecule has 3 heteroatoms. The van der Waals surface area contributed by atoms with E-state index in [1.807, 2.05) is 24.6 Å². The summed E-state index contributed by atoms with van der Waals surface area (Å²) >= 11 is 1.56. The zero-order chi connectivity index (χ0) is 11.7. The summed E-state index contributed by atoms with van der Waals surface area (Å²) < 4.78 is 13.0. The third-order valence-corrected chi connectivity index (χ3v) is 3.60. The highest BCUT2D eigenvalue weighted by Crippen LogP contribution is 2.29. The molecule has 0 fully saturated rings. The van der Waals surface area contributed by atoms with Gasteiger partial charge < -0.3 is 5.11 Å². The largest absolute Gasteiger partial charge is 0.384 e. The van der Waals surface area contributed by atoms with Gasteiger partial charge in [-0.1, -0.05) is 6.07 Å². The number of benzene rings is 1. The zero-order valence-corrected chi connectivity index (χ0v) is 10.0. The van der Waals surface area contributed by atoms with Crippen LogP contribution in [0.15, 0.2) is 29.0 Å². The van der Waals surface area contributed by atoms with Gasteiger partial charge in [0.25, 0.3) is 0 Å². The molecule has 0 bridgehead atoms. The van der Waals surface area contributed by atoms with Gasteiger partial charge in [-0.15, -0.1) is 0 Å². The van der Waals surface area contributed by atoms with Crippen LogP contribution < -0.4 is 0 Å². The predicted molar refractivity (Wildman–Crippen MR) is 64.3 cm³/mol. The molecule has 0 aliphatic carbocycles. The fourth-order valence-electron chi connectivity index (χ4n) is 1.76. The number of aryl methyl sites for hydroxylation is 2. The van der Waals surface area contributed by atoms with Gasteiger partial charge in [-0.05, 0) is 59.0 Å². The lowest BCUT2D eigenvalue weighted by Crippen LogP contribution is -2.02. The van der Waals surface area contributed by atoms with Gasteiger partial charge >= 0.3 is 0 Å². The number of aliphatic hydroxyl groups excluding tert-OH is 1. The molecule has 1 N–H and O–H groups in total. The zero-order valence-electron chi connectivity index (χ0n) is 9.20. The van der Waals surface area contributed by atoms with E-state index in [9.17, 15) is 9.50 Å². The summed E-state index contributed by atoms with van der Waals surface area (Å²) in [4.78, 5) is 0. The summed E-state index contributed by atoms with van der Waals surface area (Å²) in [6.45, 7) is 3.78. The maximum absolute atomic E-state index is 13.0. The van der Waals surface area contributed by atoms with Crippen LogP contribution >= 0.6 is 11.3 Å². The van der Waals surface area contributed by atoms with Crippen LogP contribution in [0.1, 0.15) is 28.4 Å². The molecule has 2 rings (SSSR count). The summed E-state index contributed by atoms with van der Waals surface area (Å²) in [6, 6.07) is 4.47. The molecule has 1 aromatic carbocycles. The van der Waals surface area contributed by atoms with Gasteiger partial charge in [0.1, 0.15) is 11.9 Å². The van der Waals surface area contributed by atoms with Crippen molar-refractivity contribution < 1.29 is 9.50 Å². The van der Waals surface area contributed by atoms with Crippen LogP contribution in [-0.4, -0.2) is 5.11 Å². The first-order valence-electron chi connectivity index (χ1n) is 5.06. The summed E-state index contributed by atoms with van der Waals surface area (Å²) in [5.41, 5.74) is 3.52. The third kappa shape index (κ3) is 2.01. The van der Waals surface area contributed by atoms with E-state index in [1.54, 1.807) is 17.4 Å². The number of halogens is 1. The predicted octanol–water partition coefficient (Wildman–Crippen LogP) is 3.59. The molecule has 1 aromatic heterocycles. The topological polar surface area (TPSA) is 20.2 Å². The first-order chi connectivity index (χ1) is 7.59. The fraction of sp³-hybridized carbons (Fsp3) is 0.231. The second-order valence-corrected chi connectivity index (χ2v) is 4.66. The summed E-state index contributed by atoms with van der Waals surface area (Å²) in [5, 5.41) is 14.1. The van der Waals surface area contributed by atoms with Crippen molar-refractivity contribution in [3.63, 3.8) is 0 Å². The first kappa shape index (κ1) is 11.3. The van der Waals surface area contributed by atoms with Crippen LogP contribution in [0.5, 0.6) is 0 Å². The third-order valence-electron chi connectivity index (χ3n) is 2.72. The summed E-state index contributed by atoms with van der Waals surface area (Å²) in [6.07, 6.45) is -0.660. The number of hydrogen-bond acceptors (Lipinski definition) is 2. The fourth-order valence-corrected chi connectivity index (χ4v) is 2.63. The van der Waals surface area contributed by atoms with Gasteiger partial charge in [-0.2, -0.15) is 11.3 Å². The quantitative estimate of drug-likeness (QED) is 0.845. The van der Waals surface area contributed by atoms with Crippen molar-refractivity contribution in [1.82, 2.24) is 0 Å². The van der Waals surface area contributed by atoms with E-state index in [4.69, 9.17) is 0 Å². The van der Waals surface area contributed by atoms with Gasteiger partial charge in [0.15, 0.2) is 0 Å². The van der Waals surface area contributed by atoms with E-state index in [-0.39, 0.29) is 5.82 Å². The van der Waals surface area contributed by atoms with Gasteiger partial charge in [-0.25, -0.2) is 4.39 Å². The standard InChI is InChI=1S/C13H13FOS/c1-8-5-10(14)3-4-11(8)13(15)12-7-16-6-9(12)2/h3-7,13,15H,1-2H3. The normalized spacial score (nSPS) is 12.8. The van der Waals surface area contributed by atoms with E-state index in [0.717, 1.165) is 22.3 Å². The Morgan fingerprint density at radius 2 is 1.88 bits per heavy atom. The molecule has 2 aromatic rings. The SMILES string of the molecule is Cc1cc(F)ccc1C(O)c1cscc1C. The first-order valence-corrected chi connectivity index (χ1v) is 6.00. The molecular weight excluding hydrogens is 223 g/mol. The molecule has 0 saturated carbocycles. The highest BCUT2D eigenvalue weighted by molar-refractivity contribution is 7.08. The minimum Gasteiger partial charge on any atom is -0.384 e. The Kier molecular flexibility index (Phi) is 3.08. The Labute approximate surface area is 98.2 Å². The monoisotopic (exact) mass is 236 g/mol. The molecule has 1 atom stereocenters. The van der Waals surface area contributed by atoms with Gasteiger partial charge in [0, 0.05) is 0 Å². The lowest BCUT2D eigenvalue weighted by Gasteiger charge is -2.13. The van der Waals surface area contributed by atoms with Crippen LogP contribution in [0.3, 0.4) is 0 Å². The maximum atomic E-state index is 13.0. The molecule has 84 valence electrons. The Hall–Kier alpha value is -1.19. The minimum atomic E-state index is -0.660. The molecule has 0 aliphatic heterocycles. The van der Waals surface area contributed by atoms with Crippen molar-refractivity contribution in [3.05, 3.63) is 57.0 Å². The summed E-state index contributed by atoms with van der Waals surface area (Å²) in [7, 11) is 0. The molecule has 1 nitrogen and oxygen atoms in total. The van der Waals surface area contributed by atoms with Crippen molar-refractivity contribution in [2.45, 2.75) is 20.0 Å². The Morgan fingerprint density at radius 3 is 2.44 bits per heavy atom. The second kappa shape index (κ2) is 4.36. The average molecular weight is 236 g/mol. The van der Waals surface area contributed by atoms with E-state index in [1.165, 1.54) is 12.1 Å². The molecule has 0 amide bonds. The molecule has 0 spiro atoms. The van der Waals surface area contributed by atoms with Crippen molar-refractivity contribution in [2.75, 3.05) is 0 Å². The lowest BCUT2D eigenvalue weighted by molar-refractivity contribution is 0.219. The number of thiophene rings is 1. The van der Waals surface area contributed by atoms with Crippen LogP contribution in [0.4, 0.5) is 4.39 Å². The van der Waals surface area contributed by atoms with Crippen LogP contribution in [0.2, 0.25) is 0 Å². The molecule has 0 saturated heterocycles. The van der Waals surface area contributed by atoms with E-state index >= 15 is 0 Å². The minimum absolute atomic E-state index is 0.268. The number of rotatable bonds is 2. The lowest BCUT2D eigenvalue weighted by atomic mass is 9.97.